The molecule has 2 heterocycles. The number of furan rings is 2. The van der Waals surface area contributed by atoms with Crippen LogP contribution in [-0.4, -0.2) is 16.3 Å². The molecule has 0 saturated heterocycles. The summed E-state index contributed by atoms with van der Waals surface area (Å²) in [5.74, 6) is -0.823. The molecule has 2 aromatic carbocycles. The van der Waals surface area contributed by atoms with Crippen LogP contribution in [0.15, 0.2) is 45.2 Å². The van der Waals surface area contributed by atoms with Crippen molar-refractivity contribution < 1.29 is 23.5 Å². The van der Waals surface area contributed by atoms with Gasteiger partial charge in [0.1, 0.15) is 11.2 Å². The van der Waals surface area contributed by atoms with Gasteiger partial charge in [0.2, 0.25) is 5.76 Å². The first-order valence-corrected chi connectivity index (χ1v) is 8.99. The van der Waals surface area contributed by atoms with Crippen molar-refractivity contribution in [2.24, 2.45) is 0 Å². The molecule has 1 N–H and O–H groups in total. The van der Waals surface area contributed by atoms with Gasteiger partial charge in [-0.25, -0.2) is 4.79 Å². The maximum atomic E-state index is 10.9. The summed E-state index contributed by atoms with van der Waals surface area (Å²) in [7, 11) is 0. The Morgan fingerprint density at radius 3 is 1.54 bits per heavy atom. The summed E-state index contributed by atoms with van der Waals surface area (Å²) in [4.78, 5) is 21.6. The van der Waals surface area contributed by atoms with Crippen molar-refractivity contribution in [1.82, 2.24) is 0 Å². The van der Waals surface area contributed by atoms with Gasteiger partial charge in [0.25, 0.3) is 5.24 Å². The third-order valence-corrected chi connectivity index (χ3v) is 4.79. The molecule has 0 spiro atoms. The molecule has 144 valence electrons. The monoisotopic (exact) mass is 398 g/mol. The molecule has 4 rings (SSSR count). The average Bonchev–Trinajstić information content (AvgIpc) is 3.28. The fraction of sp³-hybridized carbons (Fsp3) is 0.182. The molecule has 0 aliphatic rings. The first-order chi connectivity index (χ1) is 13.2. The fourth-order valence-corrected chi connectivity index (χ4v) is 3.08. The topological polar surface area (TPSA) is 80.7 Å². The molecule has 2 aromatic heterocycles. The van der Waals surface area contributed by atoms with Gasteiger partial charge in [0.15, 0.2) is 5.76 Å². The van der Waals surface area contributed by atoms with Gasteiger partial charge in [-0.15, -0.1) is 0 Å². The SMILES string of the molecule is Cc1ccc(C)c2oc(C(=O)Cl)cc12.Cc1ccc(C)c2oc(C(=O)O)cc12. The number of carbonyl (C=O) groups excluding carboxylic acids is 1. The van der Waals surface area contributed by atoms with Crippen LogP contribution in [0, 0.1) is 27.7 Å². The lowest BCUT2D eigenvalue weighted by Gasteiger charge is -1.96. The van der Waals surface area contributed by atoms with Gasteiger partial charge in [-0.3, -0.25) is 4.79 Å². The number of carboxylic acids is 1. The summed E-state index contributed by atoms with van der Waals surface area (Å²) in [6.07, 6.45) is 0. The smallest absolute Gasteiger partial charge is 0.371 e. The number of carbonyl (C=O) groups is 2. The van der Waals surface area contributed by atoms with E-state index >= 15 is 0 Å². The van der Waals surface area contributed by atoms with Crippen LogP contribution >= 0.6 is 11.6 Å². The molecule has 0 aliphatic carbocycles. The van der Waals surface area contributed by atoms with Gasteiger partial charge >= 0.3 is 5.97 Å². The van der Waals surface area contributed by atoms with E-state index in [1.807, 2.05) is 52.0 Å². The summed E-state index contributed by atoms with van der Waals surface area (Å²) >= 11 is 5.35. The number of carboxylic acid groups (broad SMARTS) is 1. The highest BCUT2D eigenvalue weighted by Crippen LogP contribution is 2.27. The van der Waals surface area contributed by atoms with Gasteiger partial charge in [-0.05, 0) is 73.7 Å². The summed E-state index contributed by atoms with van der Waals surface area (Å²) in [6.45, 7) is 7.74. The number of hydrogen-bond acceptors (Lipinski definition) is 4. The molecular formula is C22H19ClO5. The number of fused-ring (bicyclic) bond motifs is 2. The Bertz CT molecular complexity index is 1040. The third kappa shape index (κ3) is 3.66. The van der Waals surface area contributed by atoms with Crippen LogP contribution in [0.4, 0.5) is 0 Å². The normalized spacial score (nSPS) is 10.8. The van der Waals surface area contributed by atoms with Crippen LogP contribution < -0.4 is 0 Å². The highest BCUT2D eigenvalue weighted by molar-refractivity contribution is 6.67. The predicted molar refractivity (Wildman–Crippen MR) is 109 cm³/mol. The van der Waals surface area contributed by atoms with Crippen LogP contribution in [0.3, 0.4) is 0 Å². The number of benzene rings is 2. The second kappa shape index (κ2) is 7.52. The second-order valence-corrected chi connectivity index (χ2v) is 7.03. The van der Waals surface area contributed by atoms with Crippen molar-refractivity contribution in [3.8, 4) is 0 Å². The quantitative estimate of drug-likeness (QED) is 0.408. The summed E-state index contributed by atoms with van der Waals surface area (Å²) in [5, 5.41) is 10.0. The molecule has 0 bridgehead atoms. The first kappa shape index (κ1) is 19.7. The Kier molecular flexibility index (Phi) is 5.29. The minimum absolute atomic E-state index is 0.00241. The van der Waals surface area contributed by atoms with Crippen LogP contribution in [0.5, 0.6) is 0 Å². The Labute approximate surface area is 166 Å². The Morgan fingerprint density at radius 2 is 1.14 bits per heavy atom. The maximum absolute atomic E-state index is 10.9. The minimum atomic E-state index is -1.03. The highest BCUT2D eigenvalue weighted by atomic mass is 35.5. The van der Waals surface area contributed by atoms with E-state index in [1.165, 1.54) is 0 Å². The third-order valence-electron chi connectivity index (χ3n) is 4.60. The van der Waals surface area contributed by atoms with E-state index in [0.29, 0.717) is 5.58 Å². The minimum Gasteiger partial charge on any atom is -0.475 e. The van der Waals surface area contributed by atoms with Gasteiger partial charge in [-0.1, -0.05) is 24.3 Å². The van der Waals surface area contributed by atoms with E-state index in [9.17, 15) is 9.59 Å². The van der Waals surface area contributed by atoms with E-state index < -0.39 is 11.2 Å². The molecule has 6 heteroatoms. The zero-order chi connectivity index (χ0) is 20.6. The summed E-state index contributed by atoms with van der Waals surface area (Å²) in [5.41, 5.74) is 5.49. The molecule has 0 amide bonds. The van der Waals surface area contributed by atoms with Gasteiger partial charge in [0.05, 0.1) is 0 Å². The van der Waals surface area contributed by atoms with Crippen molar-refractivity contribution in [3.05, 3.63) is 70.2 Å². The molecular weight excluding hydrogens is 380 g/mol. The average molecular weight is 399 g/mol. The lowest BCUT2D eigenvalue weighted by Crippen LogP contribution is -1.91. The van der Waals surface area contributed by atoms with E-state index in [2.05, 4.69) is 0 Å². The number of halogens is 1. The second-order valence-electron chi connectivity index (χ2n) is 6.68. The molecule has 0 aliphatic heterocycles. The molecule has 0 fully saturated rings. The van der Waals surface area contributed by atoms with Crippen molar-refractivity contribution in [1.29, 1.82) is 0 Å². The molecule has 0 unspecified atom stereocenters. The zero-order valence-corrected chi connectivity index (χ0v) is 16.7. The zero-order valence-electron chi connectivity index (χ0n) is 15.9. The standard InChI is InChI=1S/C11H9ClO2.C11H10O3/c2*1-6-3-4-7(2)10-8(6)5-9(14-10)11(12)13/h3-5H,1-2H3;3-5H,1-2H3,(H,12,13). The number of rotatable bonds is 2. The molecule has 4 aromatic rings. The predicted octanol–water partition coefficient (Wildman–Crippen LogP) is 6.18. The van der Waals surface area contributed by atoms with Gasteiger partial charge in [-0.2, -0.15) is 0 Å². The number of hydrogen-bond donors (Lipinski definition) is 1. The van der Waals surface area contributed by atoms with Crippen molar-refractivity contribution in [3.63, 3.8) is 0 Å². The Hall–Kier alpha value is -3.05. The van der Waals surface area contributed by atoms with Crippen molar-refractivity contribution >= 4 is 44.8 Å². The molecule has 28 heavy (non-hydrogen) atoms. The lowest BCUT2D eigenvalue weighted by atomic mass is 10.1. The first-order valence-electron chi connectivity index (χ1n) is 8.61. The molecule has 5 nitrogen and oxygen atoms in total. The van der Waals surface area contributed by atoms with Crippen LogP contribution in [0.25, 0.3) is 21.9 Å². The summed E-state index contributed by atoms with van der Waals surface area (Å²) in [6, 6.07) is 11.1. The largest absolute Gasteiger partial charge is 0.475 e. The van der Waals surface area contributed by atoms with Crippen LogP contribution in [0.1, 0.15) is 43.4 Å². The highest BCUT2D eigenvalue weighted by Gasteiger charge is 2.13. The lowest BCUT2D eigenvalue weighted by molar-refractivity contribution is 0.0665. The molecule has 0 atom stereocenters. The van der Waals surface area contributed by atoms with Gasteiger partial charge in [0, 0.05) is 10.8 Å². The number of aromatic carboxylic acids is 1. The molecule has 0 radical (unpaired) electrons. The van der Waals surface area contributed by atoms with Gasteiger partial charge < -0.3 is 13.9 Å². The summed E-state index contributed by atoms with van der Waals surface area (Å²) < 4.78 is 10.6. The van der Waals surface area contributed by atoms with E-state index in [1.54, 1.807) is 12.1 Å². The number of aryl methyl sites for hydroxylation is 4. The van der Waals surface area contributed by atoms with Crippen molar-refractivity contribution in [2.45, 2.75) is 27.7 Å². The van der Waals surface area contributed by atoms with E-state index in [0.717, 1.165) is 38.6 Å². The van der Waals surface area contributed by atoms with Crippen LogP contribution in [-0.2, 0) is 0 Å². The Morgan fingerprint density at radius 1 is 0.750 bits per heavy atom. The molecule has 0 saturated carbocycles. The fourth-order valence-electron chi connectivity index (χ4n) is 2.99. The van der Waals surface area contributed by atoms with E-state index in [4.69, 9.17) is 25.5 Å². The van der Waals surface area contributed by atoms with Crippen LogP contribution in [0.2, 0.25) is 0 Å². The van der Waals surface area contributed by atoms with E-state index in [-0.39, 0.29) is 11.5 Å². The Balaban J connectivity index is 0.000000161. The van der Waals surface area contributed by atoms with Crippen molar-refractivity contribution in [2.75, 3.05) is 0 Å². The maximum Gasteiger partial charge on any atom is 0.371 e.